The maximum atomic E-state index is 16.8. The fourth-order valence-corrected chi connectivity index (χ4v) is 7.22. The second kappa shape index (κ2) is 11.5. The number of Topliss-reactive ketones (excluding diaryl/α,β-unsaturated/α-hetero) is 1. The maximum absolute atomic E-state index is 16.8. The summed E-state index contributed by atoms with van der Waals surface area (Å²) in [5.41, 5.74) is -2.01. The molecule has 2 saturated heterocycles. The Bertz CT molecular complexity index is 1290. The molecule has 2 aliphatic heterocycles. The quantitative estimate of drug-likeness (QED) is 0.278. The second-order valence-electron chi connectivity index (χ2n) is 13.6. The molecule has 5 aliphatic rings. The van der Waals surface area contributed by atoms with Gasteiger partial charge in [-0.05, 0) is 94.9 Å². The first kappa shape index (κ1) is 30.0. The van der Waals surface area contributed by atoms with Crippen molar-refractivity contribution < 1.29 is 27.5 Å². The van der Waals surface area contributed by atoms with Crippen molar-refractivity contribution in [1.82, 2.24) is 15.1 Å². The zero-order valence-electron chi connectivity index (χ0n) is 24.6. The van der Waals surface area contributed by atoms with Gasteiger partial charge in [-0.2, -0.15) is 14.0 Å². The van der Waals surface area contributed by atoms with Gasteiger partial charge < -0.3 is 19.9 Å². The number of nitriles is 1. The first-order valence-corrected chi connectivity index (χ1v) is 15.7. The highest BCUT2D eigenvalue weighted by Crippen LogP contribution is 2.54. The third kappa shape index (κ3) is 6.29. The van der Waals surface area contributed by atoms with Gasteiger partial charge in [0.2, 0.25) is 0 Å². The number of urea groups is 1. The molecule has 0 aromatic heterocycles. The average molecular weight is 599 g/mol. The van der Waals surface area contributed by atoms with Gasteiger partial charge in [-0.1, -0.05) is 24.8 Å². The molecule has 43 heavy (non-hydrogen) atoms. The standard InChI is InChI=1S/C33H41F3N4O3/c1-22(32(19-37)12-13-32)18-27(41)26(38-30(42)40-20-31(21-40)14-16-39(17-15-31)24-8-9-24)10-11-33(36,23-6-7-23)25-4-2-3-5-28(25)43-29(34)35/h2-5,23-24,26,29H,1,6-18,20-21H2,(H,38,42)/t26-,33?/m0/s1. The summed E-state index contributed by atoms with van der Waals surface area (Å²) >= 11 is 0. The minimum Gasteiger partial charge on any atom is -0.434 e. The molecule has 2 amide bonds. The van der Waals surface area contributed by atoms with Gasteiger partial charge in [-0.3, -0.25) is 4.79 Å². The average Bonchev–Trinajstić information content (AvgIpc) is 3.83. The van der Waals surface area contributed by atoms with Crippen molar-refractivity contribution in [2.75, 3.05) is 26.2 Å². The van der Waals surface area contributed by atoms with E-state index in [-0.39, 0.29) is 53.7 Å². The number of piperidine rings is 1. The molecule has 0 radical (unpaired) electrons. The van der Waals surface area contributed by atoms with Gasteiger partial charge in [-0.15, -0.1) is 0 Å². The van der Waals surface area contributed by atoms with Crippen molar-refractivity contribution in [2.24, 2.45) is 16.7 Å². The van der Waals surface area contributed by atoms with Crippen LogP contribution < -0.4 is 10.1 Å². The number of halogens is 3. The summed E-state index contributed by atoms with van der Waals surface area (Å²) in [5.74, 6) is -0.917. The molecule has 1 aromatic rings. The molecule has 5 fully saturated rings. The number of likely N-dealkylation sites (tertiary alicyclic amines) is 2. The maximum Gasteiger partial charge on any atom is 0.387 e. The third-order valence-corrected chi connectivity index (χ3v) is 10.5. The minimum atomic E-state index is -3.10. The lowest BCUT2D eigenvalue weighted by atomic mass is 9.72. The van der Waals surface area contributed by atoms with E-state index in [1.165, 1.54) is 31.0 Å². The van der Waals surface area contributed by atoms with E-state index in [2.05, 4.69) is 27.6 Å². The summed E-state index contributed by atoms with van der Waals surface area (Å²) in [6, 6.07) is 7.55. The number of nitrogens with one attached hydrogen (secondary N) is 1. The van der Waals surface area contributed by atoms with Crippen LogP contribution in [-0.2, 0) is 10.5 Å². The summed E-state index contributed by atoms with van der Waals surface area (Å²) < 4.78 is 47.8. The Morgan fingerprint density at radius 2 is 1.79 bits per heavy atom. The molecule has 1 spiro atoms. The summed E-state index contributed by atoms with van der Waals surface area (Å²) in [6.07, 6.45) is 6.93. The summed E-state index contributed by atoms with van der Waals surface area (Å²) in [6.45, 7) is 4.29. The van der Waals surface area contributed by atoms with Crippen LogP contribution in [0.5, 0.6) is 5.75 Å². The number of ketones is 1. The molecule has 2 atom stereocenters. The highest BCUT2D eigenvalue weighted by Gasteiger charge is 2.51. The molecule has 0 bridgehead atoms. The number of benzene rings is 1. The number of hydrogen-bond acceptors (Lipinski definition) is 5. The van der Waals surface area contributed by atoms with Crippen LogP contribution >= 0.6 is 0 Å². The fourth-order valence-electron chi connectivity index (χ4n) is 7.22. The lowest BCUT2D eigenvalue weighted by Crippen LogP contribution is -2.64. The lowest BCUT2D eigenvalue weighted by molar-refractivity contribution is -0.120. The molecule has 7 nitrogen and oxygen atoms in total. The van der Waals surface area contributed by atoms with Gasteiger partial charge in [-0.25, -0.2) is 9.18 Å². The van der Waals surface area contributed by atoms with E-state index in [0.717, 1.165) is 32.0 Å². The monoisotopic (exact) mass is 598 g/mol. The van der Waals surface area contributed by atoms with Gasteiger partial charge in [0.05, 0.1) is 17.5 Å². The van der Waals surface area contributed by atoms with Crippen molar-refractivity contribution in [2.45, 2.75) is 95.0 Å². The molecule has 1 aromatic carbocycles. The van der Waals surface area contributed by atoms with Crippen molar-refractivity contribution in [3.8, 4) is 11.8 Å². The number of alkyl halides is 3. The van der Waals surface area contributed by atoms with Gasteiger partial charge in [0.1, 0.15) is 11.4 Å². The zero-order chi connectivity index (χ0) is 30.4. The number of nitrogens with zero attached hydrogens (tertiary/aromatic N) is 3. The number of rotatable bonds is 13. The highest BCUT2D eigenvalue weighted by molar-refractivity contribution is 5.90. The summed E-state index contributed by atoms with van der Waals surface area (Å²) in [4.78, 5) is 31.3. The summed E-state index contributed by atoms with van der Waals surface area (Å²) in [7, 11) is 0. The van der Waals surface area contributed by atoms with Crippen molar-refractivity contribution in [1.29, 1.82) is 5.26 Å². The van der Waals surface area contributed by atoms with Crippen molar-refractivity contribution in [3.05, 3.63) is 42.0 Å². The van der Waals surface area contributed by atoms with Crippen molar-refractivity contribution in [3.63, 3.8) is 0 Å². The molecule has 3 aliphatic carbocycles. The lowest BCUT2D eigenvalue weighted by Gasteiger charge is -2.54. The van der Waals surface area contributed by atoms with Crippen LogP contribution in [0.3, 0.4) is 0 Å². The zero-order valence-corrected chi connectivity index (χ0v) is 24.6. The van der Waals surface area contributed by atoms with Gasteiger partial charge in [0, 0.05) is 36.5 Å². The van der Waals surface area contributed by atoms with Gasteiger partial charge in [0.15, 0.2) is 5.78 Å². The van der Waals surface area contributed by atoms with Crippen LogP contribution in [0.15, 0.2) is 36.4 Å². The van der Waals surface area contributed by atoms with Crippen LogP contribution in [-0.4, -0.2) is 66.5 Å². The number of allylic oxidation sites excluding steroid dienone is 1. The number of ether oxygens (including phenoxy) is 1. The molecule has 10 heteroatoms. The molecule has 1 N–H and O–H groups in total. The Morgan fingerprint density at radius 1 is 1.12 bits per heavy atom. The van der Waals surface area contributed by atoms with E-state index < -0.39 is 23.7 Å². The summed E-state index contributed by atoms with van der Waals surface area (Å²) in [5, 5.41) is 12.5. The SMILES string of the molecule is C=C(CC(=O)[C@H](CCC(F)(c1ccccc1OC(F)F)C1CC1)NC(=O)N1CC2(CCN(C3CC3)CC2)C1)C1(C#N)CC1. The Kier molecular flexibility index (Phi) is 7.99. The number of carbonyl (C=O) groups is 2. The first-order valence-electron chi connectivity index (χ1n) is 15.7. The Labute approximate surface area is 251 Å². The number of hydrogen-bond donors (Lipinski definition) is 1. The smallest absolute Gasteiger partial charge is 0.387 e. The van der Waals surface area contributed by atoms with E-state index >= 15 is 4.39 Å². The first-order chi connectivity index (χ1) is 20.6. The Balaban J connectivity index is 1.14. The van der Waals surface area contributed by atoms with Crippen LogP contribution in [0.2, 0.25) is 0 Å². The number of para-hydroxylation sites is 1. The van der Waals surface area contributed by atoms with E-state index in [1.807, 2.05) is 0 Å². The third-order valence-electron chi connectivity index (χ3n) is 10.5. The predicted molar refractivity (Wildman–Crippen MR) is 154 cm³/mol. The molecule has 232 valence electrons. The molecule has 6 rings (SSSR count). The Hall–Kier alpha value is -3.06. The largest absolute Gasteiger partial charge is 0.434 e. The van der Waals surface area contributed by atoms with Crippen LogP contribution in [0.25, 0.3) is 0 Å². The van der Waals surface area contributed by atoms with Crippen LogP contribution in [0, 0.1) is 28.1 Å². The minimum absolute atomic E-state index is 0.0112. The van der Waals surface area contributed by atoms with Gasteiger partial charge in [0.25, 0.3) is 0 Å². The molecule has 2 heterocycles. The molecular formula is C33H41F3N4O3. The number of amides is 2. The Morgan fingerprint density at radius 3 is 2.37 bits per heavy atom. The topological polar surface area (TPSA) is 85.7 Å². The molecule has 1 unspecified atom stereocenters. The molecular weight excluding hydrogens is 557 g/mol. The second-order valence-corrected chi connectivity index (χ2v) is 13.6. The van der Waals surface area contributed by atoms with Crippen molar-refractivity contribution >= 4 is 11.8 Å². The number of carbonyl (C=O) groups excluding carboxylic acids is 2. The fraction of sp³-hybridized carbons (Fsp3) is 0.667. The normalized spacial score (nSPS) is 24.4. The van der Waals surface area contributed by atoms with E-state index in [4.69, 9.17) is 0 Å². The van der Waals surface area contributed by atoms with E-state index in [0.29, 0.717) is 44.3 Å². The predicted octanol–water partition coefficient (Wildman–Crippen LogP) is 6.10. The highest BCUT2D eigenvalue weighted by atomic mass is 19.3. The molecule has 3 saturated carbocycles. The van der Waals surface area contributed by atoms with E-state index in [9.17, 15) is 23.6 Å². The van der Waals surface area contributed by atoms with Crippen LogP contribution in [0.1, 0.15) is 76.2 Å². The van der Waals surface area contributed by atoms with Gasteiger partial charge >= 0.3 is 12.6 Å². The van der Waals surface area contributed by atoms with E-state index in [1.54, 1.807) is 11.0 Å². The van der Waals surface area contributed by atoms with Crippen LogP contribution in [0.4, 0.5) is 18.0 Å².